The highest BCUT2D eigenvalue weighted by atomic mass is 16.6. The van der Waals surface area contributed by atoms with E-state index in [0.717, 1.165) is 93.0 Å². The summed E-state index contributed by atoms with van der Waals surface area (Å²) in [6.07, 6.45) is -18.8. The highest BCUT2D eigenvalue weighted by Gasteiger charge is 2.40. The molecule has 4 aromatic carbocycles. The number of methoxy groups -OCH3 is 1. The van der Waals surface area contributed by atoms with Crippen molar-refractivity contribution in [3.05, 3.63) is 162 Å². The first kappa shape index (κ1) is 92.3. The van der Waals surface area contributed by atoms with E-state index in [1.54, 1.807) is 69.3 Å². The average Bonchev–Trinajstić information content (AvgIpc) is 0.774. The molecule has 0 saturated heterocycles. The van der Waals surface area contributed by atoms with Crippen LogP contribution in [0.25, 0.3) is 55.7 Å². The molecule has 9 rings (SSSR count). The highest BCUT2D eigenvalue weighted by Crippen LogP contribution is 2.27. The molecule has 2 aliphatic rings. The lowest BCUT2D eigenvalue weighted by Gasteiger charge is -2.32. The summed E-state index contributed by atoms with van der Waals surface area (Å²) in [5, 5.41) is 134. The molecule has 0 aliphatic carbocycles. The number of nitrogens with one attached hydrogen (secondary N) is 1. The lowest BCUT2D eigenvalue weighted by Crippen LogP contribution is -2.50. The molecule has 0 fully saturated rings. The number of carboxylic acids is 2. The molecule has 2 aliphatic heterocycles. The minimum Gasteiger partial charge on any atom is -0.476 e. The van der Waals surface area contributed by atoms with Gasteiger partial charge in [0.15, 0.2) is 29.8 Å². The number of aromatic amines is 1. The van der Waals surface area contributed by atoms with Crippen LogP contribution in [0.3, 0.4) is 0 Å². The van der Waals surface area contributed by atoms with E-state index in [1.165, 1.54) is 4.57 Å². The SMILES string of the molecule is CC(=O)OC[C@@H](OC(C)=O)[C@@H](OC(C)=O)[C@H](Cn1c(=O)c(C(=O)O)nc2cc(C)c(C)cc21)OC(C)=O.COC(=O)c1nc2cc(C)c(C)cc2n(C[C@H](O)[C@H](O)[C@H](O)CO)c1=O.Cc1cc2nc(C(=O)O)c(=O)n(C[C@H](O)[C@H](O)[C@H](O)CO)c2cc1C.Cc1cc2nc3c(=O)[nH]c(=O)nc-3n(C[C@H](O)[C@H](O)[C@H](O)CO)c2cc1C. The number of carboxylic acid groups (broad SMARTS) is 2. The van der Waals surface area contributed by atoms with Gasteiger partial charge in [-0.25, -0.2) is 39.1 Å². The van der Waals surface area contributed by atoms with Gasteiger partial charge in [-0.1, -0.05) is 0 Å². The number of aromatic carboxylic acids is 2. The number of aliphatic hydroxyl groups excluding tert-OH is 12. The van der Waals surface area contributed by atoms with Gasteiger partial charge in [0.2, 0.25) is 17.1 Å². The molecule has 622 valence electrons. The summed E-state index contributed by atoms with van der Waals surface area (Å²) in [6.45, 7) is 14.4. The summed E-state index contributed by atoms with van der Waals surface area (Å²) in [6, 6.07) is 13.4. The predicted octanol–water partition coefficient (Wildman–Crippen LogP) is -2.99. The lowest BCUT2D eigenvalue weighted by atomic mass is 10.1. The molecule has 12 atom stereocenters. The van der Waals surface area contributed by atoms with E-state index < -0.39 is 206 Å². The first-order chi connectivity index (χ1) is 53.8. The predicted molar refractivity (Wildman–Crippen MR) is 401 cm³/mol. The maximum absolute atomic E-state index is 13.2. The fraction of sp³-hybridized carbons (Fsp3) is 0.446. The van der Waals surface area contributed by atoms with Crippen LogP contribution in [0.2, 0.25) is 0 Å². The van der Waals surface area contributed by atoms with Crippen molar-refractivity contribution in [2.45, 2.75) is 183 Å². The Morgan fingerprint density at radius 2 is 0.713 bits per heavy atom. The number of aromatic nitrogens is 10. The molecule has 15 N–H and O–H groups in total. The van der Waals surface area contributed by atoms with E-state index in [1.807, 2.05) is 34.6 Å². The quantitative estimate of drug-likeness (QED) is 0.0139. The van der Waals surface area contributed by atoms with Crippen molar-refractivity contribution in [1.82, 2.24) is 48.2 Å². The van der Waals surface area contributed by atoms with Crippen LogP contribution < -0.4 is 27.9 Å². The number of esters is 5. The summed E-state index contributed by atoms with van der Waals surface area (Å²) in [5.41, 5.74) is 3.07. The smallest absolute Gasteiger partial charge is 0.362 e. The molecule has 0 unspecified atom stereocenters. The van der Waals surface area contributed by atoms with Gasteiger partial charge < -0.3 is 113 Å². The van der Waals surface area contributed by atoms with E-state index in [2.05, 4.69) is 34.6 Å². The van der Waals surface area contributed by atoms with E-state index in [4.69, 9.17) is 34.3 Å². The Kier molecular flexibility index (Phi) is 32.0. The fourth-order valence-electron chi connectivity index (χ4n) is 11.5. The Hall–Kier alpha value is -11.6. The first-order valence-corrected chi connectivity index (χ1v) is 34.9. The molecule has 5 heterocycles. The molecule has 41 nitrogen and oxygen atoms in total. The molecule has 115 heavy (non-hydrogen) atoms. The number of aliphatic hydroxyl groups is 12. The van der Waals surface area contributed by atoms with Crippen molar-refractivity contribution in [2.24, 2.45) is 0 Å². The van der Waals surface area contributed by atoms with Gasteiger partial charge in [0.25, 0.3) is 22.2 Å². The van der Waals surface area contributed by atoms with Crippen molar-refractivity contribution in [1.29, 1.82) is 0 Å². The second-order valence-electron chi connectivity index (χ2n) is 26.8. The van der Waals surface area contributed by atoms with Crippen LogP contribution in [-0.4, -0.2) is 268 Å². The van der Waals surface area contributed by atoms with Crippen LogP contribution in [0.15, 0.2) is 72.5 Å². The number of aryl methyl sites for hydroxylation is 8. The van der Waals surface area contributed by atoms with E-state index >= 15 is 0 Å². The number of benzene rings is 4. The largest absolute Gasteiger partial charge is 0.476 e. The second kappa shape index (κ2) is 39.9. The number of carbonyl (C=O) groups excluding carboxylic acids is 5. The molecule has 0 bridgehead atoms. The number of hydrogen-bond acceptors (Lipinski definition) is 34. The number of carbonyl (C=O) groups is 7. The Morgan fingerprint density at radius 1 is 0.400 bits per heavy atom. The van der Waals surface area contributed by atoms with Gasteiger partial charge in [-0.3, -0.25) is 43.3 Å². The third-order valence-electron chi connectivity index (χ3n) is 18.2. The normalized spacial score (nSPS) is 14.5. The molecule has 7 aromatic rings. The van der Waals surface area contributed by atoms with E-state index in [0.29, 0.717) is 27.6 Å². The average molecular weight is 1620 g/mol. The summed E-state index contributed by atoms with van der Waals surface area (Å²) >= 11 is 0. The van der Waals surface area contributed by atoms with Crippen LogP contribution in [-0.2, 0) is 69.0 Å². The Balaban J connectivity index is 0.000000242. The van der Waals surface area contributed by atoms with Gasteiger partial charge in [0.1, 0.15) is 61.5 Å². The summed E-state index contributed by atoms with van der Waals surface area (Å²) < 4.78 is 29.9. The first-order valence-electron chi connectivity index (χ1n) is 34.9. The number of nitrogens with zero attached hydrogens (tertiary/aromatic N) is 9. The number of fused-ring (bicyclic) bond motifs is 5. The summed E-state index contributed by atoms with van der Waals surface area (Å²) in [7, 11) is 1.12. The molecular formula is C74H90N10O31. The maximum atomic E-state index is 13.2. The molecule has 41 heteroatoms. The van der Waals surface area contributed by atoms with Crippen molar-refractivity contribution in [3.8, 4) is 11.5 Å². The van der Waals surface area contributed by atoms with Gasteiger partial charge in [-0.2, -0.15) is 4.98 Å². The van der Waals surface area contributed by atoms with Crippen LogP contribution in [0, 0.1) is 55.4 Å². The minimum absolute atomic E-state index is 0.0516. The fourth-order valence-corrected chi connectivity index (χ4v) is 11.5. The summed E-state index contributed by atoms with van der Waals surface area (Å²) in [4.78, 5) is 166. The van der Waals surface area contributed by atoms with Gasteiger partial charge in [0, 0.05) is 27.7 Å². The Labute approximate surface area is 650 Å². The standard InChI is InChI=1S/C24H28N2O11.C17H20N4O6.C17H22N2O7.C16H20N2O7/c1-11-7-17-18(8-12(11)2)26(23(31)21(25-17)24(32)33)9-19(35-14(4)28)22(37-16(6)30)20(36-15(5)29)10-34-13(3)27;1-7-3-9-10(4-8(7)2)21(5-11(23)14(25)12(24)6-22)15-13(18-9)16(26)20-17(27)19-15;1-8-4-10-11(5-9(8)2)19(6-12(21)15(23)13(22)7-20)16(24)14(18-10)17(25)26-3;1-7-3-9-10(4-8(7)2)18(15(23)13(17-9)16(24)25)5-11(20)14(22)12(21)6-19/h7-8,19-20,22H,9-10H2,1-6H3,(H,32,33);3-4,11-12,14,22-25H,5-6H2,1-2H3,(H,20,26,27);4-5,12-13,15,20-23H,6-7H2,1-3H3;3-4,11-12,14,19-22H,5-6H2,1-2H3,(H,24,25)/t19-,20+,22-;11-,12+,14-;12-,13+,15-;11-,12+,14-/m0000/s1. The number of rotatable bonds is 27. The van der Waals surface area contributed by atoms with E-state index in [9.17, 15) is 114 Å². The van der Waals surface area contributed by atoms with Crippen LogP contribution in [0.1, 0.15) is 104 Å². The van der Waals surface area contributed by atoms with Gasteiger partial charge in [-0.05, 0) is 148 Å². The topological polar surface area (TPSA) is 634 Å². The Bertz CT molecular complexity index is 5420. The number of hydrogen-bond donors (Lipinski definition) is 15. The van der Waals surface area contributed by atoms with Gasteiger partial charge >= 0.3 is 47.5 Å². The van der Waals surface area contributed by atoms with Crippen LogP contribution >= 0.6 is 0 Å². The molecular weight excluding hydrogens is 1520 g/mol. The third-order valence-corrected chi connectivity index (χ3v) is 18.2. The van der Waals surface area contributed by atoms with Crippen molar-refractivity contribution < 1.29 is 129 Å². The van der Waals surface area contributed by atoms with Crippen LogP contribution in [0.4, 0.5) is 0 Å². The zero-order valence-corrected chi connectivity index (χ0v) is 64.4. The number of H-pyrrole nitrogens is 1. The molecule has 3 aromatic heterocycles. The number of ether oxygens (including phenoxy) is 5. The zero-order chi connectivity index (χ0) is 86.4. The minimum atomic E-state index is -1.71. The van der Waals surface area contributed by atoms with Crippen LogP contribution in [0.5, 0.6) is 0 Å². The van der Waals surface area contributed by atoms with Crippen molar-refractivity contribution >= 4 is 85.9 Å². The van der Waals surface area contributed by atoms with E-state index in [-0.39, 0.29) is 34.6 Å². The molecule has 0 saturated carbocycles. The molecule has 0 amide bonds. The highest BCUT2D eigenvalue weighted by molar-refractivity contribution is 5.91. The lowest BCUT2D eigenvalue weighted by molar-refractivity contribution is -0.190. The monoisotopic (exact) mass is 1610 g/mol. The van der Waals surface area contributed by atoms with Crippen molar-refractivity contribution in [2.75, 3.05) is 33.5 Å². The second-order valence-corrected chi connectivity index (χ2v) is 26.8. The zero-order valence-electron chi connectivity index (χ0n) is 64.4. The summed E-state index contributed by atoms with van der Waals surface area (Å²) in [5.74, 6) is -7.30. The van der Waals surface area contributed by atoms with Gasteiger partial charge in [0.05, 0.1) is 97.2 Å². The molecule has 0 radical (unpaired) electrons. The van der Waals surface area contributed by atoms with Gasteiger partial charge in [-0.15, -0.1) is 0 Å². The third kappa shape index (κ3) is 22.7. The Morgan fingerprint density at radius 3 is 1.05 bits per heavy atom. The molecule has 0 spiro atoms. The maximum Gasteiger partial charge on any atom is 0.362 e. The van der Waals surface area contributed by atoms with Crippen molar-refractivity contribution in [3.63, 3.8) is 0 Å².